The fraction of sp³-hybridized carbons (Fsp3) is 0.222. The summed E-state index contributed by atoms with van der Waals surface area (Å²) in [4.78, 5) is 16.7. The molecule has 0 atom stereocenters. The normalized spacial score (nSPS) is 11.3. The summed E-state index contributed by atoms with van der Waals surface area (Å²) in [5.41, 5.74) is 1.87. The lowest BCUT2D eigenvalue weighted by atomic mass is 10.1. The van der Waals surface area contributed by atoms with Crippen LogP contribution < -0.4 is 19.5 Å². The van der Waals surface area contributed by atoms with Crippen molar-refractivity contribution in [1.82, 2.24) is 10.1 Å². The molecule has 0 fully saturated rings. The molecule has 0 bridgehead atoms. The van der Waals surface area contributed by atoms with Gasteiger partial charge in [0.15, 0.2) is 12.4 Å². The highest BCUT2D eigenvalue weighted by Crippen LogP contribution is 2.28. The molecule has 12 heteroatoms. The summed E-state index contributed by atoms with van der Waals surface area (Å²) in [6.07, 6.45) is 0.517. The third-order valence-corrected chi connectivity index (χ3v) is 7.18. The molecule has 1 aromatic heterocycles. The highest BCUT2D eigenvalue weighted by molar-refractivity contribution is 7.92. The summed E-state index contributed by atoms with van der Waals surface area (Å²) in [5.74, 6) is 1.77. The number of ether oxygens (including phenoxy) is 2. The van der Waals surface area contributed by atoms with Gasteiger partial charge in [0.25, 0.3) is 15.9 Å². The summed E-state index contributed by atoms with van der Waals surface area (Å²) in [6.45, 7) is 3.72. The monoisotopic (exact) mass is 570 g/mol. The minimum Gasteiger partial charge on any atom is -0.495 e. The second-order valence-electron chi connectivity index (χ2n) is 8.84. The van der Waals surface area contributed by atoms with Crippen molar-refractivity contribution in [2.24, 2.45) is 0 Å². The van der Waals surface area contributed by atoms with Gasteiger partial charge in [-0.15, -0.1) is 0 Å². The van der Waals surface area contributed by atoms with Gasteiger partial charge in [-0.1, -0.05) is 42.7 Å². The summed E-state index contributed by atoms with van der Waals surface area (Å²) >= 11 is 6.07. The summed E-state index contributed by atoms with van der Waals surface area (Å²) in [5, 5.41) is 7.02. The molecule has 0 radical (unpaired) electrons. The van der Waals surface area contributed by atoms with Crippen molar-refractivity contribution in [3.8, 4) is 11.5 Å². The van der Waals surface area contributed by atoms with Gasteiger partial charge in [0.2, 0.25) is 5.89 Å². The second-order valence-corrected chi connectivity index (χ2v) is 10.9. The summed E-state index contributed by atoms with van der Waals surface area (Å²) in [7, 11) is -2.39. The number of benzene rings is 3. The van der Waals surface area contributed by atoms with Crippen molar-refractivity contribution in [3.05, 3.63) is 89.0 Å². The Bertz CT molecular complexity index is 1540. The molecule has 4 aromatic rings. The number of carbonyl (C=O) groups excluding carboxylic acids is 1. The quantitative estimate of drug-likeness (QED) is 0.249. The fourth-order valence-electron chi connectivity index (χ4n) is 3.47. The van der Waals surface area contributed by atoms with Crippen molar-refractivity contribution in [1.29, 1.82) is 0 Å². The summed E-state index contributed by atoms with van der Waals surface area (Å²) in [6, 6.07) is 17.6. The van der Waals surface area contributed by atoms with Crippen molar-refractivity contribution in [2.75, 3.05) is 23.8 Å². The van der Waals surface area contributed by atoms with Crippen LogP contribution in [0.25, 0.3) is 0 Å². The molecule has 39 heavy (non-hydrogen) atoms. The highest BCUT2D eigenvalue weighted by Gasteiger charge is 2.16. The lowest BCUT2D eigenvalue weighted by molar-refractivity contribution is -0.118. The van der Waals surface area contributed by atoms with E-state index in [2.05, 4.69) is 20.2 Å². The van der Waals surface area contributed by atoms with E-state index < -0.39 is 10.0 Å². The third kappa shape index (κ3) is 7.49. The molecular formula is C27H27ClN4O6S. The second kappa shape index (κ2) is 12.2. The topological polar surface area (TPSA) is 133 Å². The summed E-state index contributed by atoms with van der Waals surface area (Å²) < 4.78 is 43.7. The Balaban J connectivity index is 1.27. The van der Waals surface area contributed by atoms with Gasteiger partial charge in [-0.05, 0) is 60.2 Å². The van der Waals surface area contributed by atoms with Crippen molar-refractivity contribution in [3.63, 3.8) is 0 Å². The highest BCUT2D eigenvalue weighted by atomic mass is 35.5. The number of anilines is 2. The molecule has 0 saturated heterocycles. The first-order valence-corrected chi connectivity index (χ1v) is 13.8. The van der Waals surface area contributed by atoms with E-state index in [1.165, 1.54) is 37.4 Å². The van der Waals surface area contributed by atoms with Crippen molar-refractivity contribution < 1.29 is 27.2 Å². The van der Waals surface area contributed by atoms with Gasteiger partial charge in [0.1, 0.15) is 11.5 Å². The van der Waals surface area contributed by atoms with E-state index >= 15 is 0 Å². The molecule has 3 aromatic carbocycles. The van der Waals surface area contributed by atoms with Crippen LogP contribution >= 0.6 is 11.6 Å². The van der Waals surface area contributed by atoms with Crippen LogP contribution in [0.1, 0.15) is 37.0 Å². The van der Waals surface area contributed by atoms with Crippen molar-refractivity contribution >= 4 is 38.9 Å². The molecule has 0 unspecified atom stereocenters. The Morgan fingerprint density at radius 3 is 2.33 bits per heavy atom. The Morgan fingerprint density at radius 1 is 1.03 bits per heavy atom. The zero-order valence-corrected chi connectivity index (χ0v) is 23.0. The fourth-order valence-corrected chi connectivity index (χ4v) is 4.77. The smallest absolute Gasteiger partial charge is 0.262 e. The number of halogens is 1. The number of sulfonamides is 1. The first kappa shape index (κ1) is 27.9. The Hall–Kier alpha value is -4.09. The van der Waals surface area contributed by atoms with Crippen LogP contribution in [0.2, 0.25) is 5.02 Å². The Morgan fingerprint density at radius 2 is 1.72 bits per heavy atom. The van der Waals surface area contributed by atoms with Crippen LogP contribution in [0.3, 0.4) is 0 Å². The molecular weight excluding hydrogens is 544 g/mol. The van der Waals surface area contributed by atoms with E-state index in [0.29, 0.717) is 41.0 Å². The molecule has 0 spiro atoms. The standard InChI is InChI=1S/C27H27ClN4O6S/c1-17(2)27-30-25(31-38-27)14-18-4-6-19(7-5-18)29-26(33)16-37-21-9-11-22(12-10-21)39(34,35)32-20-8-13-24(36-3)23(28)15-20/h4-13,15,17,32H,14,16H2,1-3H3,(H,29,33). The SMILES string of the molecule is COc1ccc(NS(=O)(=O)c2ccc(OCC(=O)Nc3ccc(Cc4noc(C(C)C)n4)cc3)cc2)cc1Cl. The lowest BCUT2D eigenvalue weighted by Crippen LogP contribution is -2.20. The number of nitrogens with zero attached hydrogens (tertiary/aromatic N) is 2. The Labute approximate surface area is 231 Å². The van der Waals surface area contributed by atoms with Crippen LogP contribution in [0.5, 0.6) is 11.5 Å². The van der Waals surface area contributed by atoms with Gasteiger partial charge in [-0.2, -0.15) is 4.98 Å². The molecule has 204 valence electrons. The molecule has 4 rings (SSSR count). The van der Waals surface area contributed by atoms with E-state index in [4.69, 9.17) is 25.6 Å². The van der Waals surface area contributed by atoms with Crippen LogP contribution in [0.15, 0.2) is 76.1 Å². The lowest BCUT2D eigenvalue weighted by Gasteiger charge is -2.11. The maximum atomic E-state index is 12.7. The van der Waals surface area contributed by atoms with Gasteiger partial charge in [-0.3, -0.25) is 9.52 Å². The predicted octanol–water partition coefficient (Wildman–Crippen LogP) is 5.26. The number of hydrogen-bond acceptors (Lipinski definition) is 8. The average molecular weight is 571 g/mol. The molecule has 1 amide bonds. The van der Waals surface area contributed by atoms with E-state index in [1.807, 2.05) is 26.0 Å². The maximum Gasteiger partial charge on any atom is 0.262 e. The van der Waals surface area contributed by atoms with Gasteiger partial charge in [0, 0.05) is 18.0 Å². The molecule has 10 nitrogen and oxygen atoms in total. The van der Waals surface area contributed by atoms with E-state index in [9.17, 15) is 13.2 Å². The largest absolute Gasteiger partial charge is 0.495 e. The first-order chi connectivity index (χ1) is 18.6. The number of hydrogen-bond donors (Lipinski definition) is 2. The van der Waals surface area contributed by atoms with Crippen LogP contribution in [-0.2, 0) is 21.2 Å². The number of rotatable bonds is 11. The Kier molecular flexibility index (Phi) is 8.72. The molecule has 1 heterocycles. The van der Waals surface area contributed by atoms with E-state index in [1.54, 1.807) is 24.3 Å². The first-order valence-electron chi connectivity index (χ1n) is 11.9. The van der Waals surface area contributed by atoms with E-state index in [-0.39, 0.29) is 28.4 Å². The number of nitrogens with one attached hydrogen (secondary N) is 2. The minimum atomic E-state index is -3.86. The number of aromatic nitrogens is 2. The average Bonchev–Trinajstić information content (AvgIpc) is 3.38. The van der Waals surface area contributed by atoms with Crippen LogP contribution in [0, 0.1) is 0 Å². The molecule has 0 aliphatic rings. The van der Waals surface area contributed by atoms with E-state index in [0.717, 1.165) is 5.56 Å². The molecule has 0 aliphatic heterocycles. The van der Waals surface area contributed by atoms with Crippen molar-refractivity contribution in [2.45, 2.75) is 31.1 Å². The number of amides is 1. The van der Waals surface area contributed by atoms with Crippen LogP contribution in [-0.4, -0.2) is 38.2 Å². The van der Waals surface area contributed by atoms with Gasteiger partial charge in [0.05, 0.1) is 22.7 Å². The maximum absolute atomic E-state index is 12.7. The zero-order valence-electron chi connectivity index (χ0n) is 21.5. The number of carbonyl (C=O) groups is 1. The van der Waals surface area contributed by atoms with Crippen LogP contribution in [0.4, 0.5) is 11.4 Å². The van der Waals surface area contributed by atoms with Gasteiger partial charge < -0.3 is 19.3 Å². The minimum absolute atomic E-state index is 0.0209. The molecule has 0 aliphatic carbocycles. The molecule has 2 N–H and O–H groups in total. The number of methoxy groups -OCH3 is 1. The molecule has 0 saturated carbocycles. The predicted molar refractivity (Wildman–Crippen MR) is 147 cm³/mol. The van der Waals surface area contributed by atoms with Gasteiger partial charge in [-0.25, -0.2) is 8.42 Å². The zero-order chi connectivity index (χ0) is 28.0. The third-order valence-electron chi connectivity index (χ3n) is 5.49. The van der Waals surface area contributed by atoms with Gasteiger partial charge >= 0.3 is 0 Å².